The van der Waals surface area contributed by atoms with Gasteiger partial charge in [0.05, 0.1) is 21.3 Å². The molecule has 176 valence electrons. The summed E-state index contributed by atoms with van der Waals surface area (Å²) in [6.45, 7) is 0. The van der Waals surface area contributed by atoms with E-state index in [1.807, 2.05) is 0 Å². The molecule has 0 fully saturated rings. The fraction of sp³-hybridized carbons (Fsp3) is 0. The molecular formula is C21H14Cl3N3O4S3. The largest absolute Gasteiger partial charge is 0.279 e. The summed E-state index contributed by atoms with van der Waals surface area (Å²) in [5.74, 6) is 0. The molecule has 0 saturated heterocycles. The molecule has 4 rings (SSSR count). The van der Waals surface area contributed by atoms with Crippen LogP contribution in [0.2, 0.25) is 15.1 Å². The van der Waals surface area contributed by atoms with Crippen molar-refractivity contribution in [1.29, 1.82) is 0 Å². The Morgan fingerprint density at radius 1 is 0.765 bits per heavy atom. The molecule has 0 saturated carbocycles. The highest BCUT2D eigenvalue weighted by Crippen LogP contribution is 2.33. The van der Waals surface area contributed by atoms with Gasteiger partial charge in [-0.05, 0) is 48.5 Å². The lowest BCUT2D eigenvalue weighted by Gasteiger charge is -2.11. The van der Waals surface area contributed by atoms with E-state index in [-0.39, 0.29) is 25.6 Å². The van der Waals surface area contributed by atoms with Gasteiger partial charge in [-0.3, -0.25) is 9.44 Å². The molecule has 0 aliphatic carbocycles. The van der Waals surface area contributed by atoms with Gasteiger partial charge in [-0.15, -0.1) is 11.3 Å². The normalized spacial score (nSPS) is 11.9. The number of thiazole rings is 1. The molecule has 0 unspecified atom stereocenters. The number of hydrogen-bond donors (Lipinski definition) is 2. The predicted molar refractivity (Wildman–Crippen MR) is 137 cm³/mol. The smallest absolute Gasteiger partial charge is 0.265 e. The Bertz CT molecular complexity index is 1570. The molecule has 0 aliphatic heterocycles. The lowest BCUT2D eigenvalue weighted by molar-refractivity contribution is 0.599. The minimum atomic E-state index is -4.02. The highest BCUT2D eigenvalue weighted by Gasteiger charge is 2.21. The number of nitrogens with one attached hydrogen (secondary N) is 2. The molecule has 13 heteroatoms. The van der Waals surface area contributed by atoms with Crippen LogP contribution in [0.1, 0.15) is 0 Å². The van der Waals surface area contributed by atoms with E-state index >= 15 is 0 Å². The van der Waals surface area contributed by atoms with Crippen molar-refractivity contribution >= 4 is 77.0 Å². The Labute approximate surface area is 215 Å². The van der Waals surface area contributed by atoms with Gasteiger partial charge >= 0.3 is 0 Å². The van der Waals surface area contributed by atoms with Crippen LogP contribution in [0.3, 0.4) is 0 Å². The highest BCUT2D eigenvalue weighted by molar-refractivity contribution is 7.93. The number of para-hydroxylation sites is 1. The molecule has 0 aliphatic rings. The first kappa shape index (κ1) is 24.8. The van der Waals surface area contributed by atoms with Crippen LogP contribution in [-0.4, -0.2) is 21.8 Å². The predicted octanol–water partition coefficient (Wildman–Crippen LogP) is 6.37. The zero-order valence-electron chi connectivity index (χ0n) is 16.9. The van der Waals surface area contributed by atoms with Crippen molar-refractivity contribution in [3.05, 3.63) is 87.2 Å². The lowest BCUT2D eigenvalue weighted by atomic mass is 10.1. The van der Waals surface area contributed by atoms with Crippen LogP contribution in [-0.2, 0) is 20.0 Å². The van der Waals surface area contributed by atoms with Crippen molar-refractivity contribution < 1.29 is 16.8 Å². The van der Waals surface area contributed by atoms with Crippen LogP contribution in [0.4, 0.5) is 10.8 Å². The SMILES string of the molecule is O=S(=O)(Nc1ccccc1-c1csc(NS(=O)(=O)c2ccc(Cl)cc2Cl)n1)c1ccc(Cl)cc1. The summed E-state index contributed by atoms with van der Waals surface area (Å²) < 4.78 is 56.0. The van der Waals surface area contributed by atoms with E-state index in [4.69, 9.17) is 34.8 Å². The number of benzene rings is 3. The number of hydrogen-bond acceptors (Lipinski definition) is 6. The average molecular weight is 575 g/mol. The molecule has 0 radical (unpaired) electrons. The van der Waals surface area contributed by atoms with E-state index in [0.29, 0.717) is 21.3 Å². The van der Waals surface area contributed by atoms with Gasteiger partial charge in [0.1, 0.15) is 4.90 Å². The molecular weight excluding hydrogens is 561 g/mol. The Morgan fingerprint density at radius 3 is 2.15 bits per heavy atom. The number of aromatic nitrogens is 1. The van der Waals surface area contributed by atoms with E-state index in [1.165, 1.54) is 42.5 Å². The number of sulfonamides is 2. The van der Waals surface area contributed by atoms with Crippen molar-refractivity contribution in [1.82, 2.24) is 4.98 Å². The zero-order chi connectivity index (χ0) is 24.5. The zero-order valence-corrected chi connectivity index (χ0v) is 21.6. The average Bonchev–Trinajstić information content (AvgIpc) is 3.21. The van der Waals surface area contributed by atoms with E-state index in [9.17, 15) is 16.8 Å². The maximum Gasteiger partial charge on any atom is 0.265 e. The fourth-order valence-corrected chi connectivity index (χ4v) is 6.86. The summed E-state index contributed by atoms with van der Waals surface area (Å²) >= 11 is 18.8. The minimum Gasteiger partial charge on any atom is -0.279 e. The quantitative estimate of drug-likeness (QED) is 0.267. The molecule has 1 heterocycles. The third-order valence-corrected chi connectivity index (χ3v) is 9.06. The van der Waals surface area contributed by atoms with E-state index in [0.717, 1.165) is 11.3 Å². The Hall–Kier alpha value is -2.34. The molecule has 34 heavy (non-hydrogen) atoms. The van der Waals surface area contributed by atoms with Gasteiger partial charge in [0.15, 0.2) is 5.13 Å². The summed E-state index contributed by atoms with van der Waals surface area (Å²) in [6, 6.07) is 16.4. The maximum atomic E-state index is 12.8. The minimum absolute atomic E-state index is 0.0290. The molecule has 2 N–H and O–H groups in total. The van der Waals surface area contributed by atoms with E-state index in [2.05, 4.69) is 14.4 Å². The third kappa shape index (κ3) is 5.48. The van der Waals surface area contributed by atoms with Crippen LogP contribution >= 0.6 is 46.1 Å². The van der Waals surface area contributed by atoms with E-state index in [1.54, 1.807) is 29.6 Å². The monoisotopic (exact) mass is 573 g/mol. The number of rotatable bonds is 7. The highest BCUT2D eigenvalue weighted by atomic mass is 35.5. The van der Waals surface area contributed by atoms with Gasteiger partial charge in [-0.25, -0.2) is 21.8 Å². The van der Waals surface area contributed by atoms with Gasteiger partial charge in [0.2, 0.25) is 0 Å². The molecule has 0 spiro atoms. The first-order valence-corrected chi connectivity index (χ1v) is 14.3. The molecule has 3 aromatic carbocycles. The molecule has 0 bridgehead atoms. The third-order valence-electron chi connectivity index (χ3n) is 4.48. The standard InChI is InChI=1S/C21H14Cl3N3O4S3/c22-13-5-8-15(9-6-13)33(28,29)26-18-4-2-1-3-16(18)19-12-32-21(25-19)27-34(30,31)20-10-7-14(23)11-17(20)24/h1-12,26H,(H,25,27). The van der Waals surface area contributed by atoms with Crippen LogP contribution in [0.5, 0.6) is 0 Å². The van der Waals surface area contributed by atoms with Gasteiger partial charge in [0.25, 0.3) is 20.0 Å². The van der Waals surface area contributed by atoms with Gasteiger partial charge in [-0.1, -0.05) is 53.0 Å². The van der Waals surface area contributed by atoms with Crippen molar-refractivity contribution in [3.63, 3.8) is 0 Å². The van der Waals surface area contributed by atoms with Crippen LogP contribution < -0.4 is 9.44 Å². The fourth-order valence-electron chi connectivity index (χ4n) is 2.92. The van der Waals surface area contributed by atoms with Crippen molar-refractivity contribution in [2.24, 2.45) is 0 Å². The summed E-state index contributed by atoms with van der Waals surface area (Å²) in [5.41, 5.74) is 1.11. The van der Waals surface area contributed by atoms with Crippen LogP contribution in [0.25, 0.3) is 11.3 Å². The second-order valence-electron chi connectivity index (χ2n) is 6.82. The second-order valence-corrected chi connectivity index (χ2v) is 12.3. The van der Waals surface area contributed by atoms with Gasteiger partial charge in [0, 0.05) is 21.0 Å². The Morgan fingerprint density at radius 2 is 1.44 bits per heavy atom. The second kappa shape index (κ2) is 9.73. The van der Waals surface area contributed by atoms with Crippen LogP contribution in [0, 0.1) is 0 Å². The molecule has 1 aromatic heterocycles. The first-order valence-electron chi connectivity index (χ1n) is 9.36. The summed E-state index contributed by atoms with van der Waals surface area (Å²) in [4.78, 5) is 4.21. The molecule has 4 aromatic rings. The van der Waals surface area contributed by atoms with Crippen LogP contribution in [0.15, 0.2) is 81.9 Å². The molecule has 0 amide bonds. The number of halogens is 3. The summed E-state index contributed by atoms with van der Waals surface area (Å²) in [6.07, 6.45) is 0. The van der Waals surface area contributed by atoms with Gasteiger partial charge in [-0.2, -0.15) is 0 Å². The molecule has 0 atom stereocenters. The number of anilines is 2. The van der Waals surface area contributed by atoms with Crippen molar-refractivity contribution in [2.45, 2.75) is 9.79 Å². The summed E-state index contributed by atoms with van der Waals surface area (Å²) in [5, 5.41) is 2.38. The lowest BCUT2D eigenvalue weighted by Crippen LogP contribution is -2.14. The topological polar surface area (TPSA) is 105 Å². The van der Waals surface area contributed by atoms with E-state index < -0.39 is 20.0 Å². The van der Waals surface area contributed by atoms with Gasteiger partial charge < -0.3 is 0 Å². The Kier molecular flexibility index (Phi) is 7.09. The first-order chi connectivity index (χ1) is 16.0. The van der Waals surface area contributed by atoms with Crippen molar-refractivity contribution in [2.75, 3.05) is 9.44 Å². The summed E-state index contributed by atoms with van der Waals surface area (Å²) in [7, 11) is -7.92. The van der Waals surface area contributed by atoms with Crippen molar-refractivity contribution in [3.8, 4) is 11.3 Å². The molecule has 7 nitrogen and oxygen atoms in total. The Balaban J connectivity index is 1.62. The maximum absolute atomic E-state index is 12.8. The number of nitrogens with zero attached hydrogens (tertiary/aromatic N) is 1.